The van der Waals surface area contributed by atoms with E-state index in [1.54, 1.807) is 6.07 Å². The Hall–Kier alpha value is -2.30. The molecule has 1 fully saturated rings. The van der Waals surface area contributed by atoms with Crippen LogP contribution in [-0.2, 0) is 11.3 Å². The first kappa shape index (κ1) is 16.6. The Labute approximate surface area is 140 Å². The summed E-state index contributed by atoms with van der Waals surface area (Å²) in [5.74, 6) is 1.36. The number of rotatable bonds is 4. The summed E-state index contributed by atoms with van der Waals surface area (Å²) >= 11 is 0. The van der Waals surface area contributed by atoms with Crippen LogP contribution in [0.5, 0.6) is 0 Å². The fourth-order valence-electron chi connectivity index (χ4n) is 2.73. The molecule has 1 aromatic carbocycles. The number of nitrogens with one attached hydrogen (secondary N) is 1. The molecule has 0 spiro atoms. The van der Waals surface area contributed by atoms with Crippen LogP contribution in [0.4, 0.5) is 4.39 Å². The second-order valence-corrected chi connectivity index (χ2v) is 6.24. The van der Waals surface area contributed by atoms with E-state index >= 15 is 0 Å². The van der Waals surface area contributed by atoms with Gasteiger partial charge in [0, 0.05) is 25.6 Å². The Kier molecular flexibility index (Phi) is 4.88. The maximum Gasteiger partial charge on any atom is 0.155 e. The zero-order chi connectivity index (χ0) is 17.1. The first-order chi connectivity index (χ1) is 11.6. The van der Waals surface area contributed by atoms with Crippen LogP contribution in [0.2, 0.25) is 0 Å². The van der Waals surface area contributed by atoms with Gasteiger partial charge in [0.05, 0.1) is 18.2 Å². The maximum atomic E-state index is 13.3. The van der Waals surface area contributed by atoms with E-state index in [1.165, 1.54) is 12.1 Å². The minimum Gasteiger partial charge on any atom is -0.368 e. The predicted octanol–water partition coefficient (Wildman–Crippen LogP) is 2.51. The molecule has 1 aliphatic heterocycles. The monoisotopic (exact) mass is 329 g/mol. The Morgan fingerprint density at radius 2 is 2.33 bits per heavy atom. The van der Waals surface area contributed by atoms with Crippen LogP contribution in [0.15, 0.2) is 18.2 Å². The largest absolute Gasteiger partial charge is 0.368 e. The molecule has 1 unspecified atom stereocenters. The lowest BCUT2D eigenvalue weighted by atomic mass is 10.1. The molecule has 1 aromatic heterocycles. The summed E-state index contributed by atoms with van der Waals surface area (Å²) in [6.45, 7) is 6.64. The van der Waals surface area contributed by atoms with Crippen molar-refractivity contribution < 1.29 is 9.13 Å². The first-order valence-electron chi connectivity index (χ1n) is 8.01. The molecule has 1 atom stereocenters. The van der Waals surface area contributed by atoms with Crippen molar-refractivity contribution in [1.29, 1.82) is 5.26 Å². The van der Waals surface area contributed by atoms with E-state index < -0.39 is 5.82 Å². The fraction of sp³-hybridized carbons (Fsp3) is 0.471. The Bertz CT molecular complexity index is 752. The number of hydrogen-bond acceptors (Lipinski definition) is 5. The lowest BCUT2D eigenvalue weighted by molar-refractivity contribution is -0.0371. The van der Waals surface area contributed by atoms with Gasteiger partial charge in [0.1, 0.15) is 11.9 Å². The van der Waals surface area contributed by atoms with Gasteiger partial charge in [-0.3, -0.25) is 10.00 Å². The summed E-state index contributed by atoms with van der Waals surface area (Å²) in [6.07, 6.45) is -0.176. The summed E-state index contributed by atoms with van der Waals surface area (Å²) < 4.78 is 19.1. The lowest BCUT2D eigenvalue weighted by Crippen LogP contribution is -2.38. The van der Waals surface area contributed by atoms with Gasteiger partial charge in [-0.25, -0.2) is 9.37 Å². The SMILES string of the molecule is CC(C)c1n[nH]c(C2CN(Cc3ccc(F)cc3C#N)CCO2)n1. The van der Waals surface area contributed by atoms with Crippen molar-refractivity contribution in [2.75, 3.05) is 19.7 Å². The van der Waals surface area contributed by atoms with Crippen LogP contribution in [0.3, 0.4) is 0 Å². The molecule has 1 N–H and O–H groups in total. The second-order valence-electron chi connectivity index (χ2n) is 6.24. The molecule has 2 heterocycles. The molecular formula is C17H20FN5O. The number of halogens is 1. The highest BCUT2D eigenvalue weighted by Crippen LogP contribution is 2.23. The van der Waals surface area contributed by atoms with E-state index in [0.717, 1.165) is 23.8 Å². The van der Waals surface area contributed by atoms with Crippen molar-refractivity contribution in [1.82, 2.24) is 20.1 Å². The quantitative estimate of drug-likeness (QED) is 0.932. The Balaban J connectivity index is 1.71. The van der Waals surface area contributed by atoms with Gasteiger partial charge in [-0.15, -0.1) is 0 Å². The van der Waals surface area contributed by atoms with Gasteiger partial charge in [0.2, 0.25) is 0 Å². The van der Waals surface area contributed by atoms with Gasteiger partial charge in [-0.1, -0.05) is 19.9 Å². The van der Waals surface area contributed by atoms with E-state index in [-0.39, 0.29) is 12.0 Å². The standard InChI is InChI=1S/C17H20FN5O/c1-11(2)16-20-17(22-21-16)15-10-23(5-6-24-15)9-12-3-4-14(18)7-13(12)8-19/h3-4,7,11,15H,5-6,9-10H2,1-2H3,(H,20,21,22). The molecule has 2 aromatic rings. The number of ether oxygens (including phenoxy) is 1. The molecule has 7 heteroatoms. The van der Waals surface area contributed by atoms with E-state index in [1.807, 2.05) is 13.8 Å². The number of aromatic amines is 1. The van der Waals surface area contributed by atoms with Crippen molar-refractivity contribution in [2.24, 2.45) is 0 Å². The van der Waals surface area contributed by atoms with E-state index in [0.29, 0.717) is 25.3 Å². The molecule has 3 rings (SSSR count). The van der Waals surface area contributed by atoms with Crippen LogP contribution in [0.1, 0.15) is 48.6 Å². The Morgan fingerprint density at radius 1 is 1.50 bits per heavy atom. The molecule has 0 saturated carbocycles. The lowest BCUT2D eigenvalue weighted by Gasteiger charge is -2.32. The molecule has 24 heavy (non-hydrogen) atoms. The molecule has 6 nitrogen and oxygen atoms in total. The highest BCUT2D eigenvalue weighted by Gasteiger charge is 2.25. The third-order valence-corrected chi connectivity index (χ3v) is 4.08. The third kappa shape index (κ3) is 3.61. The summed E-state index contributed by atoms with van der Waals surface area (Å²) in [7, 11) is 0. The van der Waals surface area contributed by atoms with Crippen molar-refractivity contribution in [3.05, 3.63) is 46.8 Å². The number of benzene rings is 1. The van der Waals surface area contributed by atoms with Crippen LogP contribution < -0.4 is 0 Å². The highest BCUT2D eigenvalue weighted by atomic mass is 19.1. The highest BCUT2D eigenvalue weighted by molar-refractivity contribution is 5.37. The predicted molar refractivity (Wildman–Crippen MR) is 85.6 cm³/mol. The smallest absolute Gasteiger partial charge is 0.155 e. The van der Waals surface area contributed by atoms with Crippen LogP contribution in [-0.4, -0.2) is 39.8 Å². The van der Waals surface area contributed by atoms with E-state index in [4.69, 9.17) is 4.74 Å². The van der Waals surface area contributed by atoms with Gasteiger partial charge in [-0.05, 0) is 17.7 Å². The molecule has 0 bridgehead atoms. The topological polar surface area (TPSA) is 77.8 Å². The number of H-pyrrole nitrogens is 1. The minimum atomic E-state index is -0.391. The van der Waals surface area contributed by atoms with Crippen molar-refractivity contribution in [3.63, 3.8) is 0 Å². The number of morpholine rings is 1. The summed E-state index contributed by atoms with van der Waals surface area (Å²) in [4.78, 5) is 6.68. The van der Waals surface area contributed by atoms with Gasteiger partial charge in [-0.2, -0.15) is 10.4 Å². The number of nitrogens with zero attached hydrogens (tertiary/aromatic N) is 4. The zero-order valence-electron chi connectivity index (χ0n) is 13.8. The third-order valence-electron chi connectivity index (χ3n) is 4.08. The van der Waals surface area contributed by atoms with Gasteiger partial charge >= 0.3 is 0 Å². The van der Waals surface area contributed by atoms with Crippen LogP contribution >= 0.6 is 0 Å². The Morgan fingerprint density at radius 3 is 3.04 bits per heavy atom. The van der Waals surface area contributed by atoms with Gasteiger partial charge in [0.15, 0.2) is 11.6 Å². The van der Waals surface area contributed by atoms with Crippen molar-refractivity contribution >= 4 is 0 Å². The maximum absolute atomic E-state index is 13.3. The van der Waals surface area contributed by atoms with Crippen molar-refractivity contribution in [2.45, 2.75) is 32.4 Å². The molecule has 0 radical (unpaired) electrons. The molecular weight excluding hydrogens is 309 g/mol. The average molecular weight is 329 g/mol. The first-order valence-corrected chi connectivity index (χ1v) is 8.01. The van der Waals surface area contributed by atoms with Crippen LogP contribution in [0.25, 0.3) is 0 Å². The zero-order valence-corrected chi connectivity index (χ0v) is 13.8. The fourth-order valence-corrected chi connectivity index (χ4v) is 2.73. The van der Waals surface area contributed by atoms with E-state index in [2.05, 4.69) is 26.2 Å². The van der Waals surface area contributed by atoms with Gasteiger partial charge < -0.3 is 4.74 Å². The normalized spacial score (nSPS) is 18.7. The molecule has 1 saturated heterocycles. The molecule has 0 aliphatic carbocycles. The second kappa shape index (κ2) is 7.07. The van der Waals surface area contributed by atoms with E-state index in [9.17, 15) is 9.65 Å². The molecule has 1 aliphatic rings. The van der Waals surface area contributed by atoms with Gasteiger partial charge in [0.25, 0.3) is 0 Å². The molecule has 126 valence electrons. The number of aromatic nitrogens is 3. The minimum absolute atomic E-state index is 0.176. The molecule has 0 amide bonds. The average Bonchev–Trinajstić information content (AvgIpc) is 3.07. The summed E-state index contributed by atoms with van der Waals surface area (Å²) in [5, 5.41) is 16.3. The number of nitriles is 1. The summed E-state index contributed by atoms with van der Waals surface area (Å²) in [6, 6.07) is 6.39. The van der Waals surface area contributed by atoms with Crippen LogP contribution in [0, 0.1) is 17.1 Å². The number of hydrogen-bond donors (Lipinski definition) is 1. The van der Waals surface area contributed by atoms with Crippen molar-refractivity contribution in [3.8, 4) is 6.07 Å². The summed E-state index contributed by atoms with van der Waals surface area (Å²) in [5.41, 5.74) is 1.19.